The van der Waals surface area contributed by atoms with Crippen LogP contribution in [-0.2, 0) is 13.0 Å². The fourth-order valence-electron chi connectivity index (χ4n) is 3.96. The Balaban J connectivity index is 1.53. The first-order chi connectivity index (χ1) is 13.1. The van der Waals surface area contributed by atoms with Crippen molar-refractivity contribution >= 4 is 16.6 Å². The highest BCUT2D eigenvalue weighted by molar-refractivity contribution is 5.93. The molecule has 1 aliphatic heterocycles. The van der Waals surface area contributed by atoms with Crippen LogP contribution in [0.3, 0.4) is 0 Å². The number of aryl methyl sites for hydroxylation is 1. The summed E-state index contributed by atoms with van der Waals surface area (Å²) in [6, 6.07) is 7.57. The third-order valence-corrected chi connectivity index (χ3v) is 5.33. The van der Waals surface area contributed by atoms with Gasteiger partial charge in [-0.05, 0) is 44.0 Å². The molecule has 1 fully saturated rings. The minimum Gasteiger partial charge on any atom is -0.435 e. The summed E-state index contributed by atoms with van der Waals surface area (Å²) in [5, 5.41) is 0.823. The van der Waals surface area contributed by atoms with E-state index in [2.05, 4.69) is 24.2 Å². The summed E-state index contributed by atoms with van der Waals surface area (Å²) in [5.41, 5.74) is 5.11. The van der Waals surface area contributed by atoms with Crippen LogP contribution in [0.25, 0.3) is 10.9 Å². The fraction of sp³-hybridized carbons (Fsp3) is 0.400. The Labute approximate surface area is 155 Å². The van der Waals surface area contributed by atoms with E-state index >= 15 is 0 Å². The van der Waals surface area contributed by atoms with Gasteiger partial charge in [0.1, 0.15) is 5.75 Å². The van der Waals surface area contributed by atoms with Crippen molar-refractivity contribution in [2.45, 2.75) is 45.4 Å². The van der Waals surface area contributed by atoms with Gasteiger partial charge >= 0.3 is 6.61 Å². The van der Waals surface area contributed by atoms with Gasteiger partial charge in [-0.25, -0.2) is 4.98 Å². The topological polar surface area (TPSA) is 43.2 Å². The number of hydrogen-bond acceptors (Lipinski definition) is 4. The van der Waals surface area contributed by atoms with Gasteiger partial charge in [0.15, 0.2) is 0 Å². The summed E-state index contributed by atoms with van der Waals surface area (Å²) in [4.78, 5) is 11.4. The Hall–Kier alpha value is -2.70. The van der Waals surface area contributed by atoms with Gasteiger partial charge in [0.05, 0.1) is 24.1 Å². The molecule has 5 rings (SSSR count). The Bertz CT molecular complexity index is 1010. The first-order valence-corrected chi connectivity index (χ1v) is 9.24. The van der Waals surface area contributed by atoms with Gasteiger partial charge in [-0.3, -0.25) is 4.98 Å². The number of pyridine rings is 1. The fourth-order valence-corrected chi connectivity index (χ4v) is 3.96. The molecule has 140 valence electrons. The second kappa shape index (κ2) is 6.18. The maximum atomic E-state index is 12.6. The molecule has 2 aliphatic rings. The van der Waals surface area contributed by atoms with E-state index in [1.165, 1.54) is 24.6 Å². The van der Waals surface area contributed by atoms with Gasteiger partial charge in [0.25, 0.3) is 0 Å². The maximum Gasteiger partial charge on any atom is 0.387 e. The zero-order valence-electron chi connectivity index (χ0n) is 15.0. The summed E-state index contributed by atoms with van der Waals surface area (Å²) >= 11 is 0. The zero-order chi connectivity index (χ0) is 18.5. The summed E-state index contributed by atoms with van der Waals surface area (Å²) < 4.78 is 32.2. The van der Waals surface area contributed by atoms with Crippen molar-refractivity contribution in [3.05, 3.63) is 47.7 Å². The van der Waals surface area contributed by atoms with Crippen molar-refractivity contribution in [1.29, 1.82) is 0 Å². The average molecular weight is 370 g/mol. The average Bonchev–Trinajstić information content (AvgIpc) is 3.39. The first kappa shape index (κ1) is 16.5. The molecule has 3 heterocycles. The number of anilines is 1. The molecule has 0 spiro atoms. The number of hydrogen-bond donors (Lipinski definition) is 0. The normalized spacial score (nSPS) is 16.8. The van der Waals surface area contributed by atoms with Gasteiger partial charge in [-0.2, -0.15) is 8.78 Å². The predicted molar refractivity (Wildman–Crippen MR) is 98.4 cm³/mol. The van der Waals surface area contributed by atoms with Crippen LogP contribution in [0, 0.1) is 6.92 Å². The molecule has 3 aromatic rings. The van der Waals surface area contributed by atoms with Crippen molar-refractivity contribution < 1.29 is 13.5 Å². The predicted octanol–water partition coefficient (Wildman–Crippen LogP) is 4.24. The lowest BCUT2D eigenvalue weighted by Gasteiger charge is -2.30. The molecule has 0 amide bonds. The summed E-state index contributed by atoms with van der Waals surface area (Å²) in [5.74, 6) is 0.153. The first-order valence-electron chi connectivity index (χ1n) is 9.24. The largest absolute Gasteiger partial charge is 0.435 e. The molecule has 2 aromatic heterocycles. The third-order valence-electron chi connectivity index (χ3n) is 5.33. The third kappa shape index (κ3) is 3.01. The number of halogens is 2. The van der Waals surface area contributed by atoms with Crippen LogP contribution < -0.4 is 9.64 Å². The highest BCUT2D eigenvalue weighted by atomic mass is 19.3. The molecule has 0 N–H and O–H groups in total. The van der Waals surface area contributed by atoms with Crippen molar-refractivity contribution in [2.75, 3.05) is 11.4 Å². The van der Waals surface area contributed by atoms with E-state index < -0.39 is 6.61 Å². The molecule has 0 unspecified atom stereocenters. The number of benzene rings is 1. The van der Waals surface area contributed by atoms with Gasteiger partial charge < -0.3 is 14.2 Å². The molecule has 0 radical (unpaired) electrons. The van der Waals surface area contributed by atoms with Crippen molar-refractivity contribution in [2.24, 2.45) is 0 Å². The lowest BCUT2D eigenvalue weighted by Crippen LogP contribution is -2.31. The van der Waals surface area contributed by atoms with Crippen LogP contribution >= 0.6 is 0 Å². The summed E-state index contributed by atoms with van der Waals surface area (Å²) in [6.45, 7) is 0.689. The molecule has 0 atom stereocenters. The molecule has 1 aromatic carbocycles. The number of imidazole rings is 1. The summed E-state index contributed by atoms with van der Waals surface area (Å²) in [7, 11) is 0. The Kier molecular flexibility index (Phi) is 3.77. The second-order valence-corrected chi connectivity index (χ2v) is 7.29. The van der Waals surface area contributed by atoms with Crippen molar-refractivity contribution in [3.8, 4) is 5.75 Å². The molecular formula is C20H20F2N4O. The molecule has 7 heteroatoms. The Morgan fingerprint density at radius 2 is 2.07 bits per heavy atom. The molecule has 1 aliphatic carbocycles. The van der Waals surface area contributed by atoms with Crippen LogP contribution in [0.15, 0.2) is 30.6 Å². The van der Waals surface area contributed by atoms with E-state index in [1.54, 1.807) is 12.1 Å². The molecular weight excluding hydrogens is 350 g/mol. The van der Waals surface area contributed by atoms with Crippen molar-refractivity contribution in [1.82, 2.24) is 14.5 Å². The van der Waals surface area contributed by atoms with E-state index in [-0.39, 0.29) is 5.75 Å². The Morgan fingerprint density at radius 3 is 2.85 bits per heavy atom. The van der Waals surface area contributed by atoms with Crippen LogP contribution in [0.2, 0.25) is 0 Å². The zero-order valence-corrected chi connectivity index (χ0v) is 15.0. The van der Waals surface area contributed by atoms with E-state index in [4.69, 9.17) is 0 Å². The Morgan fingerprint density at radius 1 is 1.22 bits per heavy atom. The van der Waals surface area contributed by atoms with Gasteiger partial charge in [0, 0.05) is 41.5 Å². The number of nitrogens with zero attached hydrogens (tertiary/aromatic N) is 4. The van der Waals surface area contributed by atoms with Gasteiger partial charge in [0.2, 0.25) is 0 Å². The SMILES string of the molecule is Cc1cc(N2CCc3c(ncn3C3CC3)C2)c2cc(OC(F)F)ccc2n1. The molecule has 1 saturated carbocycles. The minimum atomic E-state index is -2.84. The molecule has 5 nitrogen and oxygen atoms in total. The van der Waals surface area contributed by atoms with Crippen LogP contribution in [-0.4, -0.2) is 27.7 Å². The van der Waals surface area contributed by atoms with E-state index in [0.717, 1.165) is 40.9 Å². The number of fused-ring (bicyclic) bond motifs is 2. The van der Waals surface area contributed by atoms with E-state index in [0.29, 0.717) is 12.6 Å². The van der Waals surface area contributed by atoms with Gasteiger partial charge in [-0.1, -0.05) is 0 Å². The maximum absolute atomic E-state index is 12.6. The van der Waals surface area contributed by atoms with Crippen molar-refractivity contribution in [3.63, 3.8) is 0 Å². The summed E-state index contributed by atoms with van der Waals surface area (Å²) in [6.07, 6.45) is 5.39. The lowest BCUT2D eigenvalue weighted by molar-refractivity contribution is -0.0497. The quantitative estimate of drug-likeness (QED) is 0.689. The van der Waals surface area contributed by atoms with Gasteiger partial charge in [-0.15, -0.1) is 0 Å². The molecule has 0 bridgehead atoms. The highest BCUT2D eigenvalue weighted by Crippen LogP contribution is 2.38. The standard InChI is InChI=1S/C20H20F2N4O/c1-12-8-19(15-9-14(27-20(21)22)4-5-16(15)24-12)25-7-6-18-17(10-25)23-11-26(18)13-2-3-13/h4-5,8-9,11,13,20H,2-3,6-7,10H2,1H3. The molecule has 27 heavy (non-hydrogen) atoms. The van der Waals surface area contributed by atoms with E-state index in [9.17, 15) is 8.78 Å². The van der Waals surface area contributed by atoms with E-state index in [1.807, 2.05) is 19.3 Å². The van der Waals surface area contributed by atoms with Crippen LogP contribution in [0.4, 0.5) is 14.5 Å². The van der Waals surface area contributed by atoms with Crippen LogP contribution in [0.5, 0.6) is 5.75 Å². The number of rotatable bonds is 4. The number of alkyl halides is 2. The minimum absolute atomic E-state index is 0.153. The smallest absolute Gasteiger partial charge is 0.387 e. The second-order valence-electron chi connectivity index (χ2n) is 7.29. The molecule has 0 saturated heterocycles. The monoisotopic (exact) mass is 370 g/mol. The van der Waals surface area contributed by atoms with Crippen LogP contribution in [0.1, 0.15) is 36.0 Å². The lowest BCUT2D eigenvalue weighted by atomic mass is 10.1. The highest BCUT2D eigenvalue weighted by Gasteiger charge is 2.30. The number of aromatic nitrogens is 3. The number of ether oxygens (including phenoxy) is 1.